The number of benzene rings is 1. The topological polar surface area (TPSA) is 75.1 Å². The molecule has 4 rings (SSSR count). The Kier molecular flexibility index (Phi) is 5.86. The average molecular weight is 435 g/mol. The number of likely N-dealkylation sites (tertiary alicyclic amines) is 1. The maximum Gasteiger partial charge on any atom is 0.232 e. The Labute approximate surface area is 187 Å². The number of rotatable bonds is 5. The highest BCUT2D eigenvalue weighted by Gasteiger charge is 2.38. The van der Waals surface area contributed by atoms with E-state index >= 15 is 0 Å². The summed E-state index contributed by atoms with van der Waals surface area (Å²) in [5, 5.41) is 0. The van der Waals surface area contributed by atoms with Gasteiger partial charge < -0.3 is 9.80 Å². The number of nitrogens with zero attached hydrogens (tertiary/aromatic N) is 6. The lowest BCUT2D eigenvalue weighted by Gasteiger charge is -2.30. The number of hydrogen-bond acceptors (Lipinski definition) is 6. The van der Waals surface area contributed by atoms with E-state index in [0.29, 0.717) is 24.6 Å². The molecule has 0 spiro atoms. The van der Waals surface area contributed by atoms with Gasteiger partial charge in [0, 0.05) is 62.8 Å². The zero-order chi connectivity index (χ0) is 22.9. The first-order valence-electron chi connectivity index (χ1n) is 10.6. The minimum absolute atomic E-state index is 0.0166. The van der Waals surface area contributed by atoms with Gasteiger partial charge in [-0.3, -0.25) is 4.79 Å². The van der Waals surface area contributed by atoms with Crippen molar-refractivity contribution in [3.8, 4) is 11.1 Å². The second-order valence-corrected chi connectivity index (χ2v) is 8.86. The summed E-state index contributed by atoms with van der Waals surface area (Å²) in [4.78, 5) is 34.7. The molecule has 8 heteroatoms. The minimum atomic E-state index is -0.826. The van der Waals surface area contributed by atoms with Gasteiger partial charge in [0.1, 0.15) is 12.1 Å². The maximum absolute atomic E-state index is 13.8. The summed E-state index contributed by atoms with van der Waals surface area (Å²) in [6.07, 6.45) is 7.57. The summed E-state index contributed by atoms with van der Waals surface area (Å²) in [5.74, 6) is 0.316. The SMILES string of the molecule is CN(C)c1ncc(-c2cncnc2)c([C@@H]2CCN(C(=O)C(C)(C)c3cccc(F)c3)C2)n1. The molecule has 0 unspecified atom stereocenters. The third kappa shape index (κ3) is 4.17. The highest BCUT2D eigenvalue weighted by atomic mass is 19.1. The maximum atomic E-state index is 13.8. The minimum Gasteiger partial charge on any atom is -0.347 e. The van der Waals surface area contributed by atoms with Crippen molar-refractivity contribution in [3.63, 3.8) is 0 Å². The van der Waals surface area contributed by atoms with Crippen molar-refractivity contribution in [1.82, 2.24) is 24.8 Å². The Morgan fingerprint density at radius 3 is 2.62 bits per heavy atom. The van der Waals surface area contributed by atoms with Crippen molar-refractivity contribution in [2.75, 3.05) is 32.1 Å². The molecule has 1 saturated heterocycles. The number of anilines is 1. The molecule has 1 atom stereocenters. The second-order valence-electron chi connectivity index (χ2n) is 8.86. The first-order chi connectivity index (χ1) is 15.3. The lowest BCUT2D eigenvalue weighted by Crippen LogP contribution is -2.42. The van der Waals surface area contributed by atoms with Crippen molar-refractivity contribution < 1.29 is 9.18 Å². The van der Waals surface area contributed by atoms with Gasteiger partial charge in [-0.1, -0.05) is 12.1 Å². The molecule has 32 heavy (non-hydrogen) atoms. The van der Waals surface area contributed by atoms with E-state index in [-0.39, 0.29) is 17.6 Å². The second kappa shape index (κ2) is 8.61. The van der Waals surface area contributed by atoms with Gasteiger partial charge in [0.25, 0.3) is 0 Å². The Bertz CT molecular complexity index is 1120. The quantitative estimate of drug-likeness (QED) is 0.613. The molecule has 166 valence electrons. The molecule has 7 nitrogen and oxygen atoms in total. The van der Waals surface area contributed by atoms with Crippen molar-refractivity contribution in [3.05, 3.63) is 66.3 Å². The molecule has 1 amide bonds. The Hall–Kier alpha value is -3.42. The Morgan fingerprint density at radius 1 is 1.19 bits per heavy atom. The number of carbonyl (C=O) groups excluding carboxylic acids is 1. The zero-order valence-corrected chi connectivity index (χ0v) is 18.8. The summed E-state index contributed by atoms with van der Waals surface area (Å²) < 4.78 is 13.8. The summed E-state index contributed by atoms with van der Waals surface area (Å²) in [6, 6.07) is 6.27. The predicted molar refractivity (Wildman–Crippen MR) is 121 cm³/mol. The van der Waals surface area contributed by atoms with Gasteiger partial charge in [-0.2, -0.15) is 0 Å². The monoisotopic (exact) mass is 434 g/mol. The summed E-state index contributed by atoms with van der Waals surface area (Å²) >= 11 is 0. The number of amides is 1. The normalized spacial score (nSPS) is 16.3. The van der Waals surface area contributed by atoms with Gasteiger partial charge in [-0.15, -0.1) is 0 Å². The van der Waals surface area contributed by atoms with E-state index in [0.717, 1.165) is 23.2 Å². The highest BCUT2D eigenvalue weighted by Crippen LogP contribution is 2.36. The van der Waals surface area contributed by atoms with Crippen LogP contribution < -0.4 is 4.90 Å². The van der Waals surface area contributed by atoms with Crippen LogP contribution in [-0.2, 0) is 10.2 Å². The number of carbonyl (C=O) groups is 1. The van der Waals surface area contributed by atoms with Crippen molar-refractivity contribution in [2.45, 2.75) is 31.6 Å². The molecular formula is C24H27FN6O. The smallest absolute Gasteiger partial charge is 0.232 e. The van der Waals surface area contributed by atoms with Crippen LogP contribution in [0.3, 0.4) is 0 Å². The molecule has 0 bridgehead atoms. The van der Waals surface area contributed by atoms with E-state index in [4.69, 9.17) is 4.98 Å². The van der Waals surface area contributed by atoms with Gasteiger partial charge >= 0.3 is 0 Å². The third-order valence-corrected chi connectivity index (χ3v) is 6.02. The van der Waals surface area contributed by atoms with Crippen molar-refractivity contribution in [2.24, 2.45) is 0 Å². The van der Waals surface area contributed by atoms with E-state index in [1.54, 1.807) is 30.7 Å². The fraction of sp³-hybridized carbons (Fsp3) is 0.375. The first kappa shape index (κ1) is 21.8. The van der Waals surface area contributed by atoms with Gasteiger partial charge in [0.05, 0.1) is 11.1 Å². The van der Waals surface area contributed by atoms with Crippen LogP contribution in [0.4, 0.5) is 10.3 Å². The molecule has 0 radical (unpaired) electrons. The first-order valence-corrected chi connectivity index (χ1v) is 10.6. The average Bonchev–Trinajstić information content (AvgIpc) is 3.28. The molecule has 1 fully saturated rings. The highest BCUT2D eigenvalue weighted by molar-refractivity contribution is 5.87. The fourth-order valence-electron chi connectivity index (χ4n) is 4.14. The molecule has 0 aliphatic carbocycles. The zero-order valence-electron chi connectivity index (χ0n) is 18.8. The predicted octanol–water partition coefficient (Wildman–Crippen LogP) is 3.43. The van der Waals surface area contributed by atoms with Gasteiger partial charge in [-0.25, -0.2) is 24.3 Å². The molecule has 1 aliphatic rings. The number of aromatic nitrogens is 4. The van der Waals surface area contributed by atoms with Gasteiger partial charge in [0.2, 0.25) is 11.9 Å². The summed E-state index contributed by atoms with van der Waals surface area (Å²) in [6.45, 7) is 4.86. The van der Waals surface area contributed by atoms with E-state index in [2.05, 4.69) is 15.0 Å². The molecule has 1 aromatic carbocycles. The van der Waals surface area contributed by atoms with E-state index in [1.807, 2.05) is 37.7 Å². The summed E-state index contributed by atoms with van der Waals surface area (Å²) in [7, 11) is 3.80. The Morgan fingerprint density at radius 2 is 1.94 bits per heavy atom. The molecule has 2 aromatic heterocycles. The van der Waals surface area contributed by atoms with Crippen LogP contribution in [0.1, 0.15) is 37.4 Å². The van der Waals surface area contributed by atoms with Crippen LogP contribution in [0.15, 0.2) is 49.2 Å². The standard InChI is InChI=1S/C24H27FN6O/c1-24(2,18-6-5-7-19(25)10-18)22(32)31-9-8-16(14-31)21-20(17-11-26-15-27-12-17)13-28-23(29-21)30(3)4/h5-7,10-13,15-16H,8-9,14H2,1-4H3/t16-/m1/s1. The number of hydrogen-bond donors (Lipinski definition) is 0. The lowest BCUT2D eigenvalue weighted by molar-refractivity contribution is -0.135. The molecule has 0 N–H and O–H groups in total. The molecule has 1 aliphatic heterocycles. The van der Waals surface area contributed by atoms with Crippen LogP contribution in [0.25, 0.3) is 11.1 Å². The summed E-state index contributed by atoms with van der Waals surface area (Å²) in [5.41, 5.74) is 2.45. The van der Waals surface area contributed by atoms with Crippen LogP contribution >= 0.6 is 0 Å². The largest absolute Gasteiger partial charge is 0.347 e. The Balaban J connectivity index is 1.63. The van der Waals surface area contributed by atoms with Crippen LogP contribution in [0, 0.1) is 5.82 Å². The molecule has 3 heterocycles. The van der Waals surface area contributed by atoms with Crippen LogP contribution in [0.2, 0.25) is 0 Å². The molecular weight excluding hydrogens is 407 g/mol. The van der Waals surface area contributed by atoms with Gasteiger partial charge in [0.15, 0.2) is 0 Å². The fourth-order valence-corrected chi connectivity index (χ4v) is 4.14. The lowest BCUT2D eigenvalue weighted by atomic mass is 9.83. The van der Waals surface area contributed by atoms with E-state index in [9.17, 15) is 9.18 Å². The van der Waals surface area contributed by atoms with Crippen LogP contribution in [-0.4, -0.2) is 57.9 Å². The third-order valence-electron chi connectivity index (χ3n) is 6.02. The molecule has 3 aromatic rings. The van der Waals surface area contributed by atoms with E-state index < -0.39 is 5.41 Å². The van der Waals surface area contributed by atoms with E-state index in [1.165, 1.54) is 18.5 Å². The molecule has 0 saturated carbocycles. The van der Waals surface area contributed by atoms with Crippen LogP contribution in [0.5, 0.6) is 0 Å². The van der Waals surface area contributed by atoms with Crippen molar-refractivity contribution >= 4 is 11.9 Å². The van der Waals surface area contributed by atoms with Gasteiger partial charge in [-0.05, 0) is 38.0 Å². The van der Waals surface area contributed by atoms with Crippen molar-refractivity contribution in [1.29, 1.82) is 0 Å². The number of halogens is 1.